The molecule has 0 saturated carbocycles. The van der Waals surface area contributed by atoms with Crippen molar-refractivity contribution in [3.05, 3.63) is 41.5 Å². The van der Waals surface area contributed by atoms with Crippen molar-refractivity contribution in [1.29, 1.82) is 0 Å². The molecule has 22 heavy (non-hydrogen) atoms. The zero-order chi connectivity index (χ0) is 16.5. The lowest BCUT2D eigenvalue weighted by atomic mass is 10.2. The number of hydrogen-bond acceptors (Lipinski definition) is 4. The maximum Gasteiger partial charge on any atom is 0.416 e. The van der Waals surface area contributed by atoms with Crippen LogP contribution in [0.15, 0.2) is 24.3 Å². The van der Waals surface area contributed by atoms with Crippen LogP contribution >= 0.6 is 0 Å². The van der Waals surface area contributed by atoms with Gasteiger partial charge in [0.15, 0.2) is 5.69 Å². The van der Waals surface area contributed by atoms with Crippen molar-refractivity contribution < 1.29 is 27.1 Å². The minimum atomic E-state index is -4.46. The average molecular weight is 317 g/mol. The second-order valence-electron chi connectivity index (χ2n) is 4.33. The van der Waals surface area contributed by atoms with Crippen LogP contribution in [-0.4, -0.2) is 22.9 Å². The van der Waals surface area contributed by atoms with Gasteiger partial charge >= 0.3 is 12.1 Å². The molecule has 0 bridgehead atoms. The highest BCUT2D eigenvalue weighted by Crippen LogP contribution is 2.31. The van der Waals surface area contributed by atoms with Crippen molar-refractivity contribution in [2.24, 2.45) is 7.05 Å². The summed E-state index contributed by atoms with van der Waals surface area (Å²) in [6, 6.07) is 3.93. The minimum Gasteiger partial charge on any atom is -0.464 e. The molecule has 0 spiro atoms. The van der Waals surface area contributed by atoms with Crippen LogP contribution in [0.5, 0.6) is 0 Å². The predicted octanol–water partition coefficient (Wildman–Crippen LogP) is 3.11. The van der Waals surface area contributed by atoms with Crippen LogP contribution in [0.4, 0.5) is 28.9 Å². The number of aryl methyl sites for hydroxylation is 1. The van der Waals surface area contributed by atoms with Gasteiger partial charge in [-0.25, -0.2) is 9.48 Å². The van der Waals surface area contributed by atoms with Crippen molar-refractivity contribution >= 4 is 17.3 Å². The van der Waals surface area contributed by atoms with Gasteiger partial charge in [0.25, 0.3) is 0 Å². The summed E-state index contributed by atoms with van der Waals surface area (Å²) in [6.45, 7) is 0. The lowest BCUT2D eigenvalue weighted by Crippen LogP contribution is -2.07. The van der Waals surface area contributed by atoms with E-state index in [4.69, 9.17) is 0 Å². The van der Waals surface area contributed by atoms with Gasteiger partial charge in [0.2, 0.25) is 5.95 Å². The number of nitrogens with zero attached hydrogens (tertiary/aromatic N) is 2. The van der Waals surface area contributed by atoms with Gasteiger partial charge < -0.3 is 10.1 Å². The number of benzene rings is 1. The van der Waals surface area contributed by atoms with E-state index < -0.39 is 23.7 Å². The summed E-state index contributed by atoms with van der Waals surface area (Å²) in [7, 11) is 2.39. The first kappa shape index (κ1) is 15.8. The fraction of sp³-hybridized carbons (Fsp3) is 0.231. The van der Waals surface area contributed by atoms with Crippen LogP contribution in [0.2, 0.25) is 0 Å². The summed E-state index contributed by atoms with van der Waals surface area (Å²) in [5.41, 5.74) is -1.24. The van der Waals surface area contributed by atoms with Crippen LogP contribution in [0.3, 0.4) is 0 Å². The second-order valence-corrected chi connectivity index (χ2v) is 4.33. The number of esters is 1. The fourth-order valence-corrected chi connectivity index (χ4v) is 1.74. The summed E-state index contributed by atoms with van der Waals surface area (Å²) in [6.07, 6.45) is -4.46. The van der Waals surface area contributed by atoms with Crippen molar-refractivity contribution in [3.8, 4) is 0 Å². The van der Waals surface area contributed by atoms with Crippen LogP contribution in [0.25, 0.3) is 0 Å². The number of alkyl halides is 3. The highest BCUT2D eigenvalue weighted by molar-refractivity contribution is 5.94. The van der Waals surface area contributed by atoms with E-state index in [2.05, 4.69) is 15.2 Å². The summed E-state index contributed by atoms with van der Waals surface area (Å²) < 4.78 is 56.6. The van der Waals surface area contributed by atoms with Gasteiger partial charge in [-0.1, -0.05) is 0 Å². The monoisotopic (exact) mass is 317 g/mol. The van der Waals surface area contributed by atoms with Gasteiger partial charge in [-0.3, -0.25) is 0 Å². The quantitative estimate of drug-likeness (QED) is 0.698. The maximum absolute atomic E-state index is 13.9. The van der Waals surface area contributed by atoms with E-state index in [9.17, 15) is 22.4 Å². The highest BCUT2D eigenvalue weighted by atomic mass is 19.4. The third-order valence-corrected chi connectivity index (χ3v) is 2.84. The molecule has 0 aliphatic rings. The Hall–Kier alpha value is -2.58. The number of rotatable bonds is 3. The molecule has 2 rings (SSSR count). The molecule has 0 saturated heterocycles. The average Bonchev–Trinajstić information content (AvgIpc) is 2.74. The lowest BCUT2D eigenvalue weighted by Gasteiger charge is -2.09. The lowest BCUT2D eigenvalue weighted by molar-refractivity contribution is -0.137. The number of nitrogens with one attached hydrogen (secondary N) is 1. The van der Waals surface area contributed by atoms with E-state index in [1.54, 1.807) is 0 Å². The van der Waals surface area contributed by atoms with E-state index in [1.807, 2.05) is 0 Å². The predicted molar refractivity (Wildman–Crippen MR) is 69.2 cm³/mol. The number of aromatic nitrogens is 2. The molecule has 1 aromatic heterocycles. The number of carbonyl (C=O) groups is 1. The molecule has 0 aliphatic heterocycles. The maximum atomic E-state index is 13.9. The molecule has 1 heterocycles. The molecule has 1 aromatic carbocycles. The topological polar surface area (TPSA) is 56.1 Å². The molecule has 0 unspecified atom stereocenters. The van der Waals surface area contributed by atoms with E-state index in [0.29, 0.717) is 0 Å². The highest BCUT2D eigenvalue weighted by Gasteiger charge is 2.30. The number of carbonyl (C=O) groups excluding carboxylic acids is 1. The van der Waals surface area contributed by atoms with E-state index in [0.717, 1.165) is 36.1 Å². The molecular formula is C13H11F4N3O2. The summed E-state index contributed by atoms with van der Waals surface area (Å²) in [4.78, 5) is 11.5. The first-order chi connectivity index (χ1) is 10.2. The van der Waals surface area contributed by atoms with Crippen LogP contribution in [0.1, 0.15) is 16.1 Å². The Morgan fingerprint density at radius 2 is 1.86 bits per heavy atom. The molecule has 9 heteroatoms. The number of anilines is 2. The molecule has 1 N–H and O–H groups in total. The second kappa shape index (κ2) is 5.66. The molecule has 2 aromatic rings. The minimum absolute atomic E-state index is 0.171. The van der Waals surface area contributed by atoms with E-state index >= 15 is 0 Å². The molecule has 0 atom stereocenters. The summed E-state index contributed by atoms with van der Waals surface area (Å²) in [5.74, 6) is -1.71. The van der Waals surface area contributed by atoms with Crippen molar-refractivity contribution in [2.75, 3.05) is 12.4 Å². The van der Waals surface area contributed by atoms with Crippen molar-refractivity contribution in [2.45, 2.75) is 6.18 Å². The fourth-order valence-electron chi connectivity index (χ4n) is 1.74. The van der Waals surface area contributed by atoms with Gasteiger partial charge in [-0.2, -0.15) is 22.7 Å². The van der Waals surface area contributed by atoms with Gasteiger partial charge in [-0.05, 0) is 24.3 Å². The molecular weight excluding hydrogens is 306 g/mol. The molecule has 0 fully saturated rings. The number of hydrogen-bond donors (Lipinski definition) is 1. The van der Waals surface area contributed by atoms with Crippen LogP contribution in [0, 0.1) is 5.95 Å². The molecule has 0 aliphatic carbocycles. The van der Waals surface area contributed by atoms with Gasteiger partial charge in [0.1, 0.15) is 5.69 Å². The Morgan fingerprint density at radius 1 is 1.27 bits per heavy atom. The normalized spacial score (nSPS) is 11.4. The van der Waals surface area contributed by atoms with Crippen LogP contribution < -0.4 is 5.32 Å². The zero-order valence-corrected chi connectivity index (χ0v) is 11.5. The first-order valence-corrected chi connectivity index (χ1v) is 5.99. The Kier molecular flexibility index (Phi) is 4.07. The largest absolute Gasteiger partial charge is 0.464 e. The molecule has 5 nitrogen and oxygen atoms in total. The standard InChI is InChI=1S/C13H11F4N3O2/c1-20-11(14)9(10(19-20)12(21)22-2)18-8-5-3-7(4-6-8)13(15,16)17/h3-6,18H,1-2H3. The summed E-state index contributed by atoms with van der Waals surface area (Å²) >= 11 is 0. The van der Waals surface area contributed by atoms with Crippen molar-refractivity contribution in [3.63, 3.8) is 0 Å². The van der Waals surface area contributed by atoms with Crippen molar-refractivity contribution in [1.82, 2.24) is 9.78 Å². The SMILES string of the molecule is COC(=O)c1nn(C)c(F)c1Nc1ccc(C(F)(F)F)cc1. The Balaban J connectivity index is 2.33. The van der Waals surface area contributed by atoms with E-state index in [1.165, 1.54) is 7.05 Å². The third-order valence-electron chi connectivity index (χ3n) is 2.84. The number of methoxy groups -OCH3 is 1. The van der Waals surface area contributed by atoms with Gasteiger partial charge in [0, 0.05) is 12.7 Å². The molecule has 0 radical (unpaired) electrons. The Bertz CT molecular complexity index is 693. The zero-order valence-electron chi connectivity index (χ0n) is 11.5. The Labute approximate surface area is 122 Å². The summed E-state index contributed by atoms with van der Waals surface area (Å²) in [5, 5.41) is 6.19. The number of ether oxygens (including phenoxy) is 1. The van der Waals surface area contributed by atoms with Gasteiger partial charge in [0.05, 0.1) is 12.7 Å². The first-order valence-electron chi connectivity index (χ1n) is 5.99. The number of halogens is 4. The molecule has 118 valence electrons. The van der Waals surface area contributed by atoms with Gasteiger partial charge in [-0.15, -0.1) is 0 Å². The van der Waals surface area contributed by atoms with E-state index in [-0.39, 0.29) is 17.1 Å². The van der Waals surface area contributed by atoms with Crippen LogP contribution in [-0.2, 0) is 18.0 Å². The molecule has 0 amide bonds. The smallest absolute Gasteiger partial charge is 0.416 e. The Morgan fingerprint density at radius 3 is 2.36 bits per heavy atom. The third kappa shape index (κ3) is 3.02.